The lowest BCUT2D eigenvalue weighted by atomic mass is 10.0. The Balaban J connectivity index is 2.71. The maximum Gasteiger partial charge on any atom is 0.290 e. The lowest BCUT2D eigenvalue weighted by Gasteiger charge is -2.07. The van der Waals surface area contributed by atoms with E-state index in [9.17, 15) is 10.1 Å². The molecule has 0 radical (unpaired) electrons. The summed E-state index contributed by atoms with van der Waals surface area (Å²) < 4.78 is 0. The van der Waals surface area contributed by atoms with Crippen LogP contribution in [0.2, 0.25) is 0 Å². The zero-order valence-electron chi connectivity index (χ0n) is 9.07. The van der Waals surface area contributed by atoms with Crippen molar-refractivity contribution in [2.75, 3.05) is 0 Å². The highest BCUT2D eigenvalue weighted by Gasteiger charge is 2.18. The molecule has 0 atom stereocenters. The second-order valence-corrected chi connectivity index (χ2v) is 5.18. The summed E-state index contributed by atoms with van der Waals surface area (Å²) >= 11 is 12.6. The first kappa shape index (κ1) is 13.3. The van der Waals surface area contributed by atoms with Crippen LogP contribution in [0.5, 0.6) is 0 Å². The fourth-order valence-corrected chi connectivity index (χ4v) is 2.65. The Hall–Kier alpha value is -1.11. The summed E-state index contributed by atoms with van der Waals surface area (Å²) in [6, 6.07) is 10.3. The number of hydrogen-bond donors (Lipinski definition) is 3. The number of hydrogen-bond acceptors (Lipinski definition) is 5. The smallest absolute Gasteiger partial charge is 0.258 e. The first-order chi connectivity index (χ1) is 8.49. The van der Waals surface area contributed by atoms with Gasteiger partial charge in [0.05, 0.1) is 15.4 Å². The van der Waals surface area contributed by atoms with Gasteiger partial charge in [0.15, 0.2) is 0 Å². The van der Waals surface area contributed by atoms with Gasteiger partial charge in [-0.3, -0.25) is 10.1 Å². The number of rotatable bonds is 2. The molecule has 0 aliphatic carbocycles. The third-order valence-corrected chi connectivity index (χ3v) is 3.29. The molecule has 0 unspecified atom stereocenters. The quantitative estimate of drug-likeness (QED) is 0.443. The van der Waals surface area contributed by atoms with Gasteiger partial charge in [0.2, 0.25) is 0 Å². The van der Waals surface area contributed by atoms with Gasteiger partial charge in [0.1, 0.15) is 0 Å². The van der Waals surface area contributed by atoms with Crippen molar-refractivity contribution < 1.29 is 4.92 Å². The predicted molar refractivity (Wildman–Crippen MR) is 80.3 cm³/mol. The molecule has 0 spiro atoms. The molecule has 3 nitrogen and oxygen atoms in total. The molecule has 0 aliphatic heterocycles. The van der Waals surface area contributed by atoms with Crippen molar-refractivity contribution in [3.05, 3.63) is 46.5 Å². The minimum atomic E-state index is -0.430. The van der Waals surface area contributed by atoms with Crippen molar-refractivity contribution in [3.8, 4) is 11.1 Å². The number of thiol groups is 3. The Kier molecular flexibility index (Phi) is 3.89. The van der Waals surface area contributed by atoms with Gasteiger partial charge in [-0.2, -0.15) is 0 Å². The van der Waals surface area contributed by atoms with E-state index in [-0.39, 0.29) is 5.69 Å². The van der Waals surface area contributed by atoms with Crippen molar-refractivity contribution in [3.63, 3.8) is 0 Å². The summed E-state index contributed by atoms with van der Waals surface area (Å²) in [5, 5.41) is 11.1. The normalized spacial score (nSPS) is 10.4. The van der Waals surface area contributed by atoms with Crippen LogP contribution in [0.3, 0.4) is 0 Å². The van der Waals surface area contributed by atoms with Gasteiger partial charge in [0.25, 0.3) is 5.69 Å². The van der Waals surface area contributed by atoms with Crippen molar-refractivity contribution >= 4 is 43.6 Å². The molecule has 0 aliphatic rings. The summed E-state index contributed by atoms with van der Waals surface area (Å²) in [6.07, 6.45) is 0. The molecule has 0 aromatic heterocycles. The lowest BCUT2D eigenvalue weighted by molar-refractivity contribution is -0.387. The van der Waals surface area contributed by atoms with Crippen LogP contribution in [0.1, 0.15) is 0 Å². The van der Waals surface area contributed by atoms with Gasteiger partial charge in [0, 0.05) is 9.79 Å². The fourth-order valence-electron chi connectivity index (χ4n) is 1.71. The van der Waals surface area contributed by atoms with E-state index >= 15 is 0 Å². The van der Waals surface area contributed by atoms with Crippen molar-refractivity contribution in [1.29, 1.82) is 0 Å². The molecule has 0 saturated carbocycles. The van der Waals surface area contributed by atoms with Crippen LogP contribution in [0, 0.1) is 10.1 Å². The molecule has 0 saturated heterocycles. The first-order valence-corrected chi connectivity index (χ1v) is 6.33. The highest BCUT2D eigenvalue weighted by molar-refractivity contribution is 7.81. The Morgan fingerprint density at radius 1 is 1.00 bits per heavy atom. The highest BCUT2D eigenvalue weighted by atomic mass is 32.1. The molecule has 0 amide bonds. The Morgan fingerprint density at radius 3 is 2.17 bits per heavy atom. The van der Waals surface area contributed by atoms with Crippen LogP contribution in [0.25, 0.3) is 11.1 Å². The summed E-state index contributed by atoms with van der Waals surface area (Å²) in [5.74, 6) is 0. The van der Waals surface area contributed by atoms with Crippen LogP contribution in [-0.4, -0.2) is 4.92 Å². The number of benzene rings is 2. The second-order valence-electron chi connectivity index (χ2n) is 3.67. The molecule has 18 heavy (non-hydrogen) atoms. The average molecular weight is 295 g/mol. The molecule has 92 valence electrons. The van der Waals surface area contributed by atoms with Gasteiger partial charge in [-0.1, -0.05) is 6.07 Å². The second kappa shape index (κ2) is 5.26. The van der Waals surface area contributed by atoms with Crippen LogP contribution in [0.15, 0.2) is 51.1 Å². The van der Waals surface area contributed by atoms with Crippen LogP contribution in [-0.2, 0) is 0 Å². The average Bonchev–Trinajstić information content (AvgIpc) is 2.26. The number of nitro benzene ring substituents is 1. The van der Waals surface area contributed by atoms with Crippen LogP contribution in [0.4, 0.5) is 5.69 Å². The summed E-state index contributed by atoms with van der Waals surface area (Å²) in [6.45, 7) is 0. The SMILES string of the molecule is O=[N+]([O-])c1c(S)cccc1-c1cc(S)cc(S)c1. The molecule has 0 fully saturated rings. The monoisotopic (exact) mass is 295 g/mol. The van der Waals surface area contributed by atoms with Gasteiger partial charge in [-0.15, -0.1) is 37.9 Å². The maximum absolute atomic E-state index is 11.1. The Labute approximate surface area is 121 Å². The zero-order chi connectivity index (χ0) is 13.3. The zero-order valence-corrected chi connectivity index (χ0v) is 11.8. The third-order valence-electron chi connectivity index (χ3n) is 2.41. The molecular formula is C12H9NO2S3. The standard InChI is InChI=1S/C12H9NO2S3/c14-13(15)12-10(2-1-3-11(12)18)7-4-8(16)6-9(17)5-7/h1-6,16-18H. The van der Waals surface area contributed by atoms with Gasteiger partial charge < -0.3 is 0 Å². The molecule has 2 aromatic carbocycles. The Bertz CT molecular complexity index is 608. The summed E-state index contributed by atoms with van der Waals surface area (Å²) in [7, 11) is 0. The molecule has 0 N–H and O–H groups in total. The summed E-state index contributed by atoms with van der Waals surface area (Å²) in [5.41, 5.74) is 1.21. The van der Waals surface area contributed by atoms with E-state index in [2.05, 4.69) is 37.9 Å². The maximum atomic E-state index is 11.1. The number of nitro groups is 1. The van der Waals surface area contributed by atoms with E-state index in [1.54, 1.807) is 36.4 Å². The highest BCUT2D eigenvalue weighted by Crippen LogP contribution is 2.36. The topological polar surface area (TPSA) is 43.1 Å². The van der Waals surface area contributed by atoms with Crippen molar-refractivity contribution in [1.82, 2.24) is 0 Å². The van der Waals surface area contributed by atoms with Gasteiger partial charge in [-0.25, -0.2) is 0 Å². The molecule has 6 heteroatoms. The predicted octanol–water partition coefficient (Wildman–Crippen LogP) is 4.13. The van der Waals surface area contributed by atoms with Crippen molar-refractivity contribution in [2.45, 2.75) is 14.7 Å². The van der Waals surface area contributed by atoms with Crippen LogP contribution < -0.4 is 0 Å². The van der Waals surface area contributed by atoms with E-state index in [1.165, 1.54) is 0 Å². The molecule has 0 bridgehead atoms. The van der Waals surface area contributed by atoms with Gasteiger partial charge >= 0.3 is 0 Å². The largest absolute Gasteiger partial charge is 0.290 e. The minimum absolute atomic E-state index is 0.00694. The minimum Gasteiger partial charge on any atom is -0.258 e. The fraction of sp³-hybridized carbons (Fsp3) is 0. The molecule has 2 rings (SSSR count). The van der Waals surface area contributed by atoms with Crippen molar-refractivity contribution in [2.24, 2.45) is 0 Å². The van der Waals surface area contributed by atoms with E-state index in [0.717, 1.165) is 0 Å². The van der Waals surface area contributed by atoms with E-state index in [1.807, 2.05) is 0 Å². The van der Waals surface area contributed by atoms with E-state index < -0.39 is 4.92 Å². The molecule has 0 heterocycles. The summed E-state index contributed by atoms with van der Waals surface area (Å²) in [4.78, 5) is 12.4. The molecular weight excluding hydrogens is 286 g/mol. The number of para-hydroxylation sites is 1. The first-order valence-electron chi connectivity index (χ1n) is 4.99. The lowest BCUT2D eigenvalue weighted by Crippen LogP contribution is -1.93. The van der Waals surface area contributed by atoms with Crippen LogP contribution >= 0.6 is 37.9 Å². The van der Waals surface area contributed by atoms with E-state index in [0.29, 0.717) is 25.8 Å². The molecule has 2 aromatic rings. The number of nitrogens with zero attached hydrogens (tertiary/aromatic N) is 1. The Morgan fingerprint density at radius 2 is 1.61 bits per heavy atom. The third kappa shape index (κ3) is 2.66. The van der Waals surface area contributed by atoms with Gasteiger partial charge in [-0.05, 0) is 35.9 Å². The van der Waals surface area contributed by atoms with E-state index in [4.69, 9.17) is 0 Å².